The number of alkyl halides is 3. The number of methoxy groups -OCH3 is 2. The van der Waals surface area contributed by atoms with E-state index in [9.17, 15) is 36.7 Å². The Hall–Kier alpha value is -15.4. The molecule has 744 valence electrons. The molecule has 3 aliphatic carbocycles. The van der Waals surface area contributed by atoms with Gasteiger partial charge in [0.25, 0.3) is 0 Å². The number of ether oxygens (including phenoxy) is 2. The van der Waals surface area contributed by atoms with E-state index in [4.69, 9.17) is 9.47 Å². The van der Waals surface area contributed by atoms with Crippen molar-refractivity contribution in [2.45, 2.75) is 150 Å². The number of urea groups is 3. The van der Waals surface area contributed by atoms with Crippen molar-refractivity contribution in [3.8, 4) is 22.8 Å². The number of hydrogen-bond acceptors (Lipinski definition) is 18. The fraction of sp³-hybridized carbons (Fsp3) is 0.333. The van der Waals surface area contributed by atoms with E-state index in [1.54, 1.807) is 69.6 Å². The van der Waals surface area contributed by atoms with Crippen molar-refractivity contribution < 1.29 is 46.2 Å². The molecule has 5 aromatic heterocycles. The van der Waals surface area contributed by atoms with Gasteiger partial charge >= 0.3 is 24.3 Å². The number of nitrogens with one attached hydrogen (secondary N) is 4. The van der Waals surface area contributed by atoms with Crippen LogP contribution in [0.5, 0.6) is 11.5 Å². The second kappa shape index (κ2) is 44.4. The molecule has 7 atom stereocenters. The van der Waals surface area contributed by atoms with Gasteiger partial charge in [-0.25, -0.2) is 58.6 Å². The lowest BCUT2D eigenvalue weighted by Crippen LogP contribution is -2.57. The van der Waals surface area contributed by atoms with E-state index in [1.807, 2.05) is 84.0 Å². The molecule has 9 heterocycles. The Balaban J connectivity index is 0.000000132. The third-order valence-electron chi connectivity index (χ3n) is 28.3. The number of H-pyrrole nitrogens is 1. The molecule has 4 saturated heterocycles. The lowest BCUT2D eigenvalue weighted by molar-refractivity contribution is -0.137. The van der Waals surface area contributed by atoms with Gasteiger partial charge in [-0.1, -0.05) is 181 Å². The van der Waals surface area contributed by atoms with Gasteiger partial charge in [0.1, 0.15) is 71.5 Å². The molecule has 0 saturated carbocycles. The summed E-state index contributed by atoms with van der Waals surface area (Å²) in [5.74, 6) is 4.61. The van der Waals surface area contributed by atoms with Crippen LogP contribution in [0.2, 0.25) is 0 Å². The highest BCUT2D eigenvalue weighted by molar-refractivity contribution is 5.95. The topological polar surface area (TPSA) is 268 Å². The number of aromatic amines is 1. The molecule has 4 aliphatic heterocycles. The van der Waals surface area contributed by atoms with Crippen LogP contribution in [-0.4, -0.2) is 206 Å². The number of rotatable bonds is 19. The molecule has 30 heteroatoms. The van der Waals surface area contributed by atoms with Crippen LogP contribution < -0.4 is 45.0 Å². The predicted molar refractivity (Wildman–Crippen MR) is 560 cm³/mol. The first-order chi connectivity index (χ1) is 69.4. The average Bonchev–Trinajstić information content (AvgIpc) is 1.64. The van der Waals surface area contributed by atoms with E-state index < -0.39 is 11.7 Å². The molecule has 144 heavy (non-hydrogen) atoms. The van der Waals surface area contributed by atoms with Gasteiger partial charge in [-0.15, -0.1) is 0 Å². The zero-order valence-corrected chi connectivity index (χ0v) is 83.8. The number of amides is 7. The zero-order chi connectivity index (χ0) is 101. The molecule has 4 N–H and O–H groups in total. The minimum absolute atomic E-state index is 0.0109. The monoisotopic (exact) mass is 1940 g/mol. The number of carbonyl (C=O) groups is 4. The Morgan fingerprint density at radius 2 is 0.778 bits per heavy atom. The van der Waals surface area contributed by atoms with Crippen LogP contribution in [0.1, 0.15) is 179 Å². The van der Waals surface area contributed by atoms with Crippen molar-refractivity contribution in [3.63, 3.8) is 0 Å². The summed E-state index contributed by atoms with van der Waals surface area (Å²) in [7, 11) is 3.30. The summed E-state index contributed by atoms with van der Waals surface area (Å²) in [6, 6.07) is 62.8. The van der Waals surface area contributed by atoms with Gasteiger partial charge in [-0.05, 0) is 203 Å². The van der Waals surface area contributed by atoms with E-state index in [0.717, 1.165) is 165 Å². The van der Waals surface area contributed by atoms with Crippen LogP contribution in [0.4, 0.5) is 55.2 Å². The van der Waals surface area contributed by atoms with Gasteiger partial charge in [-0.2, -0.15) is 13.2 Å². The zero-order valence-electron chi connectivity index (χ0n) is 83.8. The van der Waals surface area contributed by atoms with Crippen molar-refractivity contribution in [3.05, 3.63) is 332 Å². The lowest BCUT2D eigenvalue weighted by Gasteiger charge is -2.41. The molecule has 8 aromatic carbocycles. The molecule has 4 fully saturated rings. The normalized spacial score (nSPS) is 17.3. The molecule has 26 nitrogen and oxygen atoms in total. The number of anilines is 4. The number of hydrogen-bond donors (Lipinski definition) is 4. The Morgan fingerprint density at radius 3 is 1.19 bits per heavy atom. The minimum Gasteiger partial charge on any atom is -0.497 e. The molecule has 0 spiro atoms. The maximum absolute atomic E-state index is 13.2. The van der Waals surface area contributed by atoms with Crippen LogP contribution in [0, 0.1) is 33.5 Å². The van der Waals surface area contributed by atoms with Gasteiger partial charge in [0.15, 0.2) is 0 Å². The van der Waals surface area contributed by atoms with Crippen LogP contribution in [0.3, 0.4) is 0 Å². The fourth-order valence-corrected chi connectivity index (χ4v) is 19.7. The highest BCUT2D eigenvalue weighted by Crippen LogP contribution is 2.42. The molecule has 20 rings (SSSR count). The summed E-state index contributed by atoms with van der Waals surface area (Å²) in [5, 5.41) is 10.3. The van der Waals surface area contributed by atoms with Crippen LogP contribution in [0.15, 0.2) is 225 Å². The third kappa shape index (κ3) is 23.5. The summed E-state index contributed by atoms with van der Waals surface area (Å²) < 4.78 is 63.0. The molecular formula is C114H124F4N20O6. The predicted octanol–water partition coefficient (Wildman–Crippen LogP) is 20.5. The van der Waals surface area contributed by atoms with Crippen molar-refractivity contribution in [1.82, 2.24) is 80.4 Å². The second-order valence-electron chi connectivity index (χ2n) is 38.5. The Morgan fingerprint density at radius 1 is 0.403 bits per heavy atom. The molecule has 0 unspecified atom stereocenters. The maximum Gasteiger partial charge on any atom is 0.416 e. The Kier molecular flexibility index (Phi) is 30.9. The summed E-state index contributed by atoms with van der Waals surface area (Å²) in [6.07, 6.45) is 11.4. The van der Waals surface area contributed by atoms with E-state index in [0.29, 0.717) is 64.5 Å². The van der Waals surface area contributed by atoms with Crippen molar-refractivity contribution >= 4 is 93.3 Å². The summed E-state index contributed by atoms with van der Waals surface area (Å²) in [5.41, 5.74) is 24.4. The smallest absolute Gasteiger partial charge is 0.416 e. The highest BCUT2D eigenvalue weighted by atomic mass is 19.4. The first-order valence-electron chi connectivity index (χ1n) is 49.4. The minimum atomic E-state index is -4.40. The van der Waals surface area contributed by atoms with Gasteiger partial charge in [0.05, 0.1) is 60.4 Å². The number of allylic oxidation sites excluding steroid dienone is 3. The number of nitrogens with zero attached hydrogens (tertiary/aromatic N) is 16. The molecule has 7 amide bonds. The number of fused-ring (bicyclic) bond motifs is 4. The summed E-state index contributed by atoms with van der Waals surface area (Å²) in [6.45, 7) is 30.7. The van der Waals surface area contributed by atoms with Crippen molar-refractivity contribution in [2.75, 3.05) is 119 Å². The number of benzene rings is 8. The van der Waals surface area contributed by atoms with E-state index >= 15 is 0 Å². The Labute approximate surface area is 838 Å². The lowest BCUT2D eigenvalue weighted by atomic mass is 9.95. The SMILES string of the molecule is COc1ccc([C@@H](C)NC(=O)N2CCN(c3ncnc4c3C=C(c3ccc(C)cc3)C4)C[C@H]2C)cc1.COc1cccc([C@@H](C)NC(=O)N2CCN(c3ncnc4c3C=C(c3ccc(C)cc3)C4)C[C@H]2C)c1.Cc1ccc(-c2cc3c(N4CCN(C(=O)C[C@@H](C)c5cccc(C(F)(F)F)c5)CC4)ncnc3[nH]2)cc1.Cc1ccc(C2=Cc3c(ncnc3N3CCN(C(=O)N[C@@H](C)c4ccc(F)cc4)[C@H](C)C3)C2)cc1. The van der Waals surface area contributed by atoms with Crippen LogP contribution >= 0.6 is 0 Å². The number of aryl methyl sites for hydroxylation is 4. The number of aromatic nitrogens is 9. The average molecular weight is 1950 g/mol. The molecule has 13 aromatic rings. The first kappa shape index (κ1) is 100. The second-order valence-corrected chi connectivity index (χ2v) is 38.5. The summed E-state index contributed by atoms with van der Waals surface area (Å²) >= 11 is 0. The fourth-order valence-electron chi connectivity index (χ4n) is 19.7. The van der Waals surface area contributed by atoms with Gasteiger partial charge in [0, 0.05) is 151 Å². The standard InChI is InChI=1S/2C29H33N5O2.C28H28F3N5O.C28H30FN5O/c1-19-5-7-23(8-6-19)24-15-26-27(16-24)30-18-31-28(26)33-13-14-34(20(2)17-33)29(35)32-21(3)22-9-11-25(36-4)12-10-22;1-19-8-10-22(11-9-19)24-15-26-27(16-24)30-18-31-28(26)33-12-13-34(20(2)17-33)29(35)32-21(3)23-6-5-7-25(14-23)36-4;1-18-6-8-20(9-7-18)24-16-23-26(34-24)32-17-33-27(23)36-12-10-35(11-13-36)25(37)14-19(2)21-4-3-5-22(15-21)28(29,30)31;1-18-4-6-22(7-5-18)23-14-25-26(15-23)30-17-31-27(25)33-12-13-34(19(2)16-33)28(35)32-20(3)21-8-10-24(29)11-9-21/h5-12,15,18,20-21H,13-14,16-17H2,1-4H3,(H,32,35);5-11,14-15,18,20-21H,12-13,16-17H2,1-4H3,(H,32,35);3-9,15-17,19H,10-14H2,1-2H3,(H,32,33,34);4-11,14,17,19-20H,12-13,15-16H2,1-3H3,(H,32,35)/t2*20-,21-;19-;19-,20+/m1111/s1. The molecule has 0 bridgehead atoms. The van der Waals surface area contributed by atoms with Gasteiger partial charge in [0.2, 0.25) is 5.91 Å². The van der Waals surface area contributed by atoms with E-state index in [1.165, 1.54) is 73.9 Å². The molecular weight excluding hydrogens is 1820 g/mol. The highest BCUT2D eigenvalue weighted by Gasteiger charge is 2.38. The number of carbonyl (C=O) groups excluding carboxylic acids is 4. The first-order valence-corrected chi connectivity index (χ1v) is 49.4. The van der Waals surface area contributed by atoms with E-state index in [-0.39, 0.29) is 78.4 Å². The number of halogens is 4. The van der Waals surface area contributed by atoms with E-state index in [2.05, 4.69) is 250 Å². The van der Waals surface area contributed by atoms with Gasteiger partial charge < -0.3 is 69.6 Å². The quantitative estimate of drug-likeness (QED) is 0.0548. The van der Waals surface area contributed by atoms with Crippen molar-refractivity contribution in [2.24, 2.45) is 0 Å². The summed E-state index contributed by atoms with van der Waals surface area (Å²) in [4.78, 5) is 109. The Bertz CT molecular complexity index is 6860. The van der Waals surface area contributed by atoms with Gasteiger partial charge in [-0.3, -0.25) is 4.79 Å². The largest absolute Gasteiger partial charge is 0.497 e. The maximum atomic E-state index is 13.2. The molecule has 0 radical (unpaired) electrons. The van der Waals surface area contributed by atoms with Crippen LogP contribution in [-0.2, 0) is 30.2 Å². The van der Waals surface area contributed by atoms with Crippen molar-refractivity contribution in [1.29, 1.82) is 0 Å². The van der Waals surface area contributed by atoms with Crippen LogP contribution in [0.25, 0.3) is 57.2 Å². The number of piperazine rings is 4. The molecule has 7 aliphatic rings. The third-order valence-corrected chi connectivity index (χ3v) is 28.3.